The van der Waals surface area contributed by atoms with E-state index in [9.17, 15) is 19.5 Å². The number of rotatable bonds is 4. The summed E-state index contributed by atoms with van der Waals surface area (Å²) < 4.78 is 6.25. The molecule has 4 fully saturated rings. The van der Waals surface area contributed by atoms with Crippen molar-refractivity contribution in [3.63, 3.8) is 0 Å². The van der Waals surface area contributed by atoms with Crippen molar-refractivity contribution in [1.82, 2.24) is 25.0 Å². The first-order valence-corrected chi connectivity index (χ1v) is 15.4. The number of likely N-dealkylation sites (N-methyl/N-ethyl adjacent to an activating group) is 1. The number of aromatic nitrogens is 1. The molecule has 10 heteroatoms. The van der Waals surface area contributed by atoms with Gasteiger partial charge in [-0.25, -0.2) is 0 Å². The van der Waals surface area contributed by atoms with E-state index in [0.29, 0.717) is 32.4 Å². The number of hydrogen-bond donors (Lipinski definition) is 3. The van der Waals surface area contributed by atoms with Crippen molar-refractivity contribution in [3.8, 4) is 0 Å². The fourth-order valence-electron chi connectivity index (χ4n) is 8.65. The van der Waals surface area contributed by atoms with Crippen molar-refractivity contribution >= 4 is 28.6 Å². The highest BCUT2D eigenvalue weighted by Gasteiger charge is 2.70. The maximum Gasteiger partial charge on any atom is 0.280 e. The van der Waals surface area contributed by atoms with Crippen molar-refractivity contribution in [2.75, 3.05) is 20.1 Å². The molecule has 0 unspecified atom stereocenters. The van der Waals surface area contributed by atoms with E-state index in [-0.39, 0.29) is 36.1 Å². The summed E-state index contributed by atoms with van der Waals surface area (Å²) in [6.07, 6.45) is 5.13. The van der Waals surface area contributed by atoms with Gasteiger partial charge in [0.1, 0.15) is 12.1 Å². The zero-order chi connectivity index (χ0) is 29.7. The van der Waals surface area contributed by atoms with E-state index in [4.69, 9.17) is 4.74 Å². The normalized spacial score (nSPS) is 35.2. The minimum atomic E-state index is -2.03. The number of fused-ring (bicyclic) bond motifs is 5. The van der Waals surface area contributed by atoms with E-state index in [1.807, 2.05) is 30.3 Å². The van der Waals surface area contributed by atoms with Crippen LogP contribution in [0.15, 0.2) is 54.7 Å². The fourth-order valence-corrected chi connectivity index (χ4v) is 8.65. The number of carbonyl (C=O) groups excluding carboxylic acids is 3. The maximum atomic E-state index is 14.2. The number of nitrogens with zero attached hydrogens (tertiary/aromatic N) is 3. The van der Waals surface area contributed by atoms with Gasteiger partial charge in [0.15, 0.2) is 0 Å². The quantitative estimate of drug-likeness (QED) is 0.433. The standard InChI is InChI=1S/C33H37N5O5/c1-32(35-29(39)21-15-23-22-10-6-11-24-28(22)20(17-34-24)16-25(23)36(2)18-21)31(41)38-26(14-19-8-4-3-5-9-19)30(40)37-13-7-12-27(37)33(38,42)43-32/h3-6,8-11,17,21,23,25-27,34,42H,7,12-16,18H2,1-2H3,(H,35,39)/t21-,23-,25-,26+,27-,32-,33+/m1/s1. The number of ether oxygens (including phenoxy) is 1. The summed E-state index contributed by atoms with van der Waals surface area (Å²) in [7, 11) is 2.06. The summed E-state index contributed by atoms with van der Waals surface area (Å²) in [4.78, 5) is 50.4. The molecule has 5 heterocycles. The van der Waals surface area contributed by atoms with Gasteiger partial charge in [0, 0.05) is 48.6 Å². The molecule has 0 bridgehead atoms. The summed E-state index contributed by atoms with van der Waals surface area (Å²) in [5.41, 5.74) is 2.74. The second-order valence-corrected chi connectivity index (χ2v) is 13.2. The predicted octanol–water partition coefficient (Wildman–Crippen LogP) is 2.08. The van der Waals surface area contributed by atoms with Gasteiger partial charge >= 0.3 is 0 Å². The predicted molar refractivity (Wildman–Crippen MR) is 157 cm³/mol. The van der Waals surface area contributed by atoms with Crippen LogP contribution < -0.4 is 5.32 Å². The lowest BCUT2D eigenvalue weighted by atomic mass is 9.72. The molecule has 3 aromatic rings. The molecular weight excluding hydrogens is 546 g/mol. The summed E-state index contributed by atoms with van der Waals surface area (Å²) in [5.74, 6) is -3.31. The van der Waals surface area contributed by atoms with Crippen LogP contribution in [-0.2, 0) is 32.0 Å². The van der Waals surface area contributed by atoms with E-state index in [1.165, 1.54) is 28.3 Å². The zero-order valence-electron chi connectivity index (χ0n) is 24.5. The Bertz CT molecular complexity index is 1640. The number of amides is 3. The molecule has 8 rings (SSSR count). The molecule has 1 aliphatic carbocycles. The lowest BCUT2D eigenvalue weighted by molar-refractivity contribution is -0.315. The first-order valence-electron chi connectivity index (χ1n) is 15.4. The molecule has 7 atom stereocenters. The van der Waals surface area contributed by atoms with Gasteiger partial charge in [0.05, 0.1) is 5.92 Å². The maximum absolute atomic E-state index is 14.2. The number of aromatic amines is 1. The smallest absolute Gasteiger partial charge is 0.280 e. The van der Waals surface area contributed by atoms with Gasteiger partial charge in [0.25, 0.3) is 11.8 Å². The average Bonchev–Trinajstić information content (AvgIpc) is 3.70. The fraction of sp³-hybridized carbons (Fsp3) is 0.485. The van der Waals surface area contributed by atoms with E-state index in [2.05, 4.69) is 46.6 Å². The molecule has 0 saturated carbocycles. The molecule has 0 spiro atoms. The Morgan fingerprint density at radius 1 is 1.16 bits per heavy atom. The van der Waals surface area contributed by atoms with Crippen LogP contribution in [0.4, 0.5) is 0 Å². The SMILES string of the molecule is CN1C[C@H](C(=O)N[C@]2(C)O[C@@]3(O)[C@H]4CCCN4C(=O)[C@H](Cc4ccccc4)N3C2=O)C[C@@H]2c3cccc4[nH]cc(c34)C[C@H]21. The minimum absolute atomic E-state index is 0.171. The second-order valence-electron chi connectivity index (χ2n) is 13.2. The third-order valence-corrected chi connectivity index (χ3v) is 10.6. The molecule has 0 radical (unpaired) electrons. The van der Waals surface area contributed by atoms with Gasteiger partial charge in [-0.05, 0) is 62.4 Å². The van der Waals surface area contributed by atoms with Crippen LogP contribution in [0.1, 0.15) is 48.8 Å². The summed E-state index contributed by atoms with van der Waals surface area (Å²) in [6, 6.07) is 14.4. The van der Waals surface area contributed by atoms with Crippen molar-refractivity contribution in [3.05, 3.63) is 71.4 Å². The molecule has 3 N–H and O–H groups in total. The molecular formula is C33H37N5O5. The van der Waals surface area contributed by atoms with Gasteiger partial charge < -0.3 is 25.2 Å². The van der Waals surface area contributed by atoms with Gasteiger partial charge in [-0.3, -0.25) is 24.0 Å². The molecule has 224 valence electrons. The molecule has 3 amide bonds. The molecule has 1 aromatic heterocycles. The number of piperidine rings is 1. The van der Waals surface area contributed by atoms with E-state index >= 15 is 0 Å². The Balaban J connectivity index is 1.08. The molecule has 2 aromatic carbocycles. The lowest BCUT2D eigenvalue weighted by Gasteiger charge is -2.48. The van der Waals surface area contributed by atoms with Gasteiger partial charge in [-0.2, -0.15) is 0 Å². The molecule has 5 aliphatic rings. The van der Waals surface area contributed by atoms with Crippen molar-refractivity contribution in [1.29, 1.82) is 0 Å². The molecule has 4 aliphatic heterocycles. The number of piperazine rings is 1. The van der Waals surface area contributed by atoms with Crippen LogP contribution in [0.25, 0.3) is 10.9 Å². The third kappa shape index (κ3) is 3.86. The highest BCUT2D eigenvalue weighted by atomic mass is 16.7. The van der Waals surface area contributed by atoms with E-state index in [1.54, 1.807) is 4.90 Å². The summed E-state index contributed by atoms with van der Waals surface area (Å²) in [6.45, 7) is 2.56. The first kappa shape index (κ1) is 26.9. The molecule has 43 heavy (non-hydrogen) atoms. The number of nitrogens with one attached hydrogen (secondary N) is 2. The number of H-pyrrole nitrogens is 1. The second kappa shape index (κ2) is 9.38. The van der Waals surface area contributed by atoms with Crippen molar-refractivity contribution < 1.29 is 24.2 Å². The molecule has 10 nitrogen and oxygen atoms in total. The van der Waals surface area contributed by atoms with Crippen LogP contribution in [0.5, 0.6) is 0 Å². The number of hydrogen-bond acceptors (Lipinski definition) is 6. The number of aliphatic hydroxyl groups is 1. The Labute approximate surface area is 250 Å². The van der Waals surface area contributed by atoms with Crippen LogP contribution >= 0.6 is 0 Å². The minimum Gasteiger partial charge on any atom is -0.361 e. The van der Waals surface area contributed by atoms with Gasteiger partial charge in [-0.15, -0.1) is 0 Å². The Kier molecular flexibility index (Phi) is 5.86. The average molecular weight is 584 g/mol. The number of carbonyl (C=O) groups is 3. The lowest BCUT2D eigenvalue weighted by Crippen LogP contribution is -2.71. The highest BCUT2D eigenvalue weighted by molar-refractivity contribution is 5.97. The third-order valence-electron chi connectivity index (χ3n) is 10.6. The monoisotopic (exact) mass is 583 g/mol. The summed E-state index contributed by atoms with van der Waals surface area (Å²) >= 11 is 0. The van der Waals surface area contributed by atoms with Crippen LogP contribution in [0.3, 0.4) is 0 Å². The van der Waals surface area contributed by atoms with Crippen molar-refractivity contribution in [2.45, 2.75) is 74.7 Å². The van der Waals surface area contributed by atoms with Crippen LogP contribution in [0.2, 0.25) is 0 Å². The Morgan fingerprint density at radius 3 is 2.79 bits per heavy atom. The summed E-state index contributed by atoms with van der Waals surface area (Å²) in [5, 5.41) is 16.2. The number of likely N-dealkylation sites (tertiary alicyclic amines) is 1. The van der Waals surface area contributed by atoms with Gasteiger partial charge in [0.2, 0.25) is 17.5 Å². The topological polar surface area (TPSA) is 118 Å². The highest BCUT2D eigenvalue weighted by Crippen LogP contribution is 2.47. The Morgan fingerprint density at radius 2 is 1.98 bits per heavy atom. The zero-order valence-corrected chi connectivity index (χ0v) is 24.5. The first-order chi connectivity index (χ1) is 20.7. The van der Waals surface area contributed by atoms with Crippen molar-refractivity contribution in [2.24, 2.45) is 5.92 Å². The van der Waals surface area contributed by atoms with Crippen LogP contribution in [0, 0.1) is 5.92 Å². The Hall–Kier alpha value is -3.73. The van der Waals surface area contributed by atoms with E-state index < -0.39 is 29.6 Å². The van der Waals surface area contributed by atoms with Crippen LogP contribution in [-0.4, -0.2) is 92.4 Å². The largest absolute Gasteiger partial charge is 0.361 e. The van der Waals surface area contributed by atoms with E-state index in [0.717, 1.165) is 17.5 Å². The number of benzene rings is 2. The van der Waals surface area contributed by atoms with Gasteiger partial charge in [-0.1, -0.05) is 42.5 Å². The molecule has 4 saturated heterocycles.